The number of hydrogen-bond donors (Lipinski definition) is 2. The molecule has 0 atom stereocenters. The van der Waals surface area contributed by atoms with E-state index in [0.29, 0.717) is 18.4 Å². The van der Waals surface area contributed by atoms with Crippen LogP contribution in [0.5, 0.6) is 5.75 Å². The highest BCUT2D eigenvalue weighted by Crippen LogP contribution is 2.14. The lowest BCUT2D eigenvalue weighted by Gasteiger charge is -2.06. The predicted octanol–water partition coefficient (Wildman–Crippen LogP) is 1.73. The molecule has 0 fully saturated rings. The van der Waals surface area contributed by atoms with Crippen LogP contribution >= 0.6 is 0 Å². The molecule has 7 heteroatoms. The summed E-state index contributed by atoms with van der Waals surface area (Å²) >= 11 is 0. The number of benzene rings is 1. The molecule has 0 aliphatic heterocycles. The summed E-state index contributed by atoms with van der Waals surface area (Å²) in [4.78, 5) is 4.27. The minimum Gasteiger partial charge on any atom is -0.497 e. The van der Waals surface area contributed by atoms with Gasteiger partial charge in [0, 0.05) is 6.54 Å². The van der Waals surface area contributed by atoms with Gasteiger partial charge in [-0.15, -0.1) is 5.10 Å². The molecule has 1 aromatic carbocycles. The van der Waals surface area contributed by atoms with Gasteiger partial charge in [-0.3, -0.25) is 0 Å². The molecule has 0 saturated carbocycles. The van der Waals surface area contributed by atoms with E-state index in [1.54, 1.807) is 11.8 Å². The Morgan fingerprint density at radius 3 is 2.74 bits per heavy atom. The van der Waals surface area contributed by atoms with Crippen LogP contribution in [0.1, 0.15) is 26.0 Å². The van der Waals surface area contributed by atoms with E-state index in [1.165, 1.54) is 0 Å². The fourth-order valence-electron chi connectivity index (χ4n) is 1.94. The molecule has 0 radical (unpaired) electrons. The molecule has 3 N–H and O–H groups in total. The van der Waals surface area contributed by atoms with E-state index in [2.05, 4.69) is 34.5 Å². The Morgan fingerprint density at radius 2 is 2.09 bits per heavy atom. The smallest absolute Gasteiger partial charge is 0.188 e. The Hall–Kier alpha value is -2.57. The highest BCUT2D eigenvalue weighted by Gasteiger charge is 2.03. The second-order valence-corrected chi connectivity index (χ2v) is 5.66. The first-order valence-corrected chi connectivity index (χ1v) is 7.68. The quantitative estimate of drug-likeness (QED) is 0.599. The number of hydrogen-bond acceptors (Lipinski definition) is 4. The molecule has 0 amide bonds. The van der Waals surface area contributed by atoms with Crippen molar-refractivity contribution in [3.05, 3.63) is 36.2 Å². The van der Waals surface area contributed by atoms with Crippen LogP contribution in [0.15, 0.2) is 35.5 Å². The Morgan fingerprint density at radius 1 is 1.35 bits per heavy atom. The SMILES string of the molecule is COc1ccc(-n2cc(CN=C(N)NCCC(C)C)nn2)cc1. The molecule has 0 unspecified atom stereocenters. The Bertz CT molecular complexity index is 632. The average Bonchev–Trinajstić information content (AvgIpc) is 3.01. The van der Waals surface area contributed by atoms with Gasteiger partial charge in [0.05, 0.1) is 25.5 Å². The van der Waals surface area contributed by atoms with E-state index >= 15 is 0 Å². The highest BCUT2D eigenvalue weighted by molar-refractivity contribution is 5.77. The van der Waals surface area contributed by atoms with E-state index in [-0.39, 0.29) is 0 Å². The van der Waals surface area contributed by atoms with Crippen LogP contribution in [-0.4, -0.2) is 34.6 Å². The lowest BCUT2D eigenvalue weighted by Crippen LogP contribution is -2.32. The van der Waals surface area contributed by atoms with Crippen molar-refractivity contribution in [3.8, 4) is 11.4 Å². The van der Waals surface area contributed by atoms with Crippen molar-refractivity contribution in [2.75, 3.05) is 13.7 Å². The van der Waals surface area contributed by atoms with Crippen molar-refractivity contribution in [1.82, 2.24) is 20.3 Å². The van der Waals surface area contributed by atoms with E-state index in [0.717, 1.165) is 30.1 Å². The molecule has 1 heterocycles. The molecular formula is C16H24N6O. The summed E-state index contributed by atoms with van der Waals surface area (Å²) in [5, 5.41) is 11.3. The molecular weight excluding hydrogens is 292 g/mol. The van der Waals surface area contributed by atoms with Crippen molar-refractivity contribution in [1.29, 1.82) is 0 Å². The van der Waals surface area contributed by atoms with Crippen LogP contribution in [0, 0.1) is 5.92 Å². The zero-order valence-electron chi connectivity index (χ0n) is 13.9. The Kier molecular flexibility index (Phi) is 5.96. The zero-order chi connectivity index (χ0) is 16.7. The third-order valence-electron chi connectivity index (χ3n) is 3.32. The monoisotopic (exact) mass is 316 g/mol. The molecule has 2 aromatic rings. The number of rotatable bonds is 7. The van der Waals surface area contributed by atoms with E-state index in [1.807, 2.05) is 30.5 Å². The van der Waals surface area contributed by atoms with Crippen LogP contribution in [-0.2, 0) is 6.54 Å². The lowest BCUT2D eigenvalue weighted by molar-refractivity contribution is 0.414. The van der Waals surface area contributed by atoms with Crippen LogP contribution in [0.25, 0.3) is 5.69 Å². The number of nitrogens with two attached hydrogens (primary N) is 1. The van der Waals surface area contributed by atoms with Crippen molar-refractivity contribution in [2.45, 2.75) is 26.8 Å². The summed E-state index contributed by atoms with van der Waals surface area (Å²) in [6.07, 6.45) is 2.90. The number of aliphatic imine (C=N–C) groups is 1. The van der Waals surface area contributed by atoms with Crippen molar-refractivity contribution in [3.63, 3.8) is 0 Å². The van der Waals surface area contributed by atoms with Gasteiger partial charge in [-0.05, 0) is 36.6 Å². The molecule has 0 saturated heterocycles. The molecule has 0 aliphatic carbocycles. The van der Waals surface area contributed by atoms with Gasteiger partial charge in [-0.1, -0.05) is 19.1 Å². The molecule has 2 rings (SSSR count). The summed E-state index contributed by atoms with van der Waals surface area (Å²) in [6.45, 7) is 5.57. The first-order chi connectivity index (χ1) is 11.1. The molecule has 0 aliphatic rings. The number of aromatic nitrogens is 3. The molecule has 7 nitrogen and oxygen atoms in total. The van der Waals surface area contributed by atoms with Gasteiger partial charge in [0.1, 0.15) is 11.4 Å². The second kappa shape index (κ2) is 8.17. The summed E-state index contributed by atoms with van der Waals surface area (Å²) in [7, 11) is 1.64. The van der Waals surface area contributed by atoms with Gasteiger partial charge in [-0.2, -0.15) is 0 Å². The maximum Gasteiger partial charge on any atom is 0.188 e. The fraction of sp³-hybridized carbons (Fsp3) is 0.438. The number of nitrogens with one attached hydrogen (secondary N) is 1. The van der Waals surface area contributed by atoms with Gasteiger partial charge in [0.15, 0.2) is 5.96 Å². The van der Waals surface area contributed by atoms with E-state index < -0.39 is 0 Å². The van der Waals surface area contributed by atoms with Gasteiger partial charge in [0.25, 0.3) is 0 Å². The summed E-state index contributed by atoms with van der Waals surface area (Å²) in [5.41, 5.74) is 7.50. The highest BCUT2D eigenvalue weighted by atomic mass is 16.5. The van der Waals surface area contributed by atoms with Gasteiger partial charge in [0.2, 0.25) is 0 Å². The molecule has 0 spiro atoms. The largest absolute Gasteiger partial charge is 0.497 e. The maximum absolute atomic E-state index is 5.83. The molecule has 124 valence electrons. The second-order valence-electron chi connectivity index (χ2n) is 5.66. The van der Waals surface area contributed by atoms with E-state index in [4.69, 9.17) is 10.5 Å². The summed E-state index contributed by atoms with van der Waals surface area (Å²) < 4.78 is 6.84. The molecule has 23 heavy (non-hydrogen) atoms. The van der Waals surface area contributed by atoms with Crippen molar-refractivity contribution in [2.24, 2.45) is 16.6 Å². The minimum absolute atomic E-state index is 0.399. The normalized spacial score (nSPS) is 11.7. The zero-order valence-corrected chi connectivity index (χ0v) is 13.9. The molecule has 1 aromatic heterocycles. The third kappa shape index (κ3) is 5.28. The number of guanidine groups is 1. The summed E-state index contributed by atoms with van der Waals surface area (Å²) in [6, 6.07) is 7.60. The first kappa shape index (κ1) is 16.8. The third-order valence-corrected chi connectivity index (χ3v) is 3.32. The number of ether oxygens (including phenoxy) is 1. The van der Waals surface area contributed by atoms with Crippen molar-refractivity contribution < 1.29 is 4.74 Å². The van der Waals surface area contributed by atoms with Gasteiger partial charge in [-0.25, -0.2) is 9.67 Å². The Balaban J connectivity index is 1.91. The topological polar surface area (TPSA) is 90.3 Å². The Labute approximate surface area is 136 Å². The first-order valence-electron chi connectivity index (χ1n) is 7.68. The van der Waals surface area contributed by atoms with Crippen LogP contribution in [0.2, 0.25) is 0 Å². The van der Waals surface area contributed by atoms with E-state index in [9.17, 15) is 0 Å². The maximum atomic E-state index is 5.83. The van der Waals surface area contributed by atoms with Crippen molar-refractivity contribution >= 4 is 5.96 Å². The van der Waals surface area contributed by atoms with Gasteiger partial charge < -0.3 is 15.8 Å². The number of methoxy groups -OCH3 is 1. The van der Waals surface area contributed by atoms with Gasteiger partial charge >= 0.3 is 0 Å². The van der Waals surface area contributed by atoms with Crippen LogP contribution < -0.4 is 15.8 Å². The average molecular weight is 316 g/mol. The van der Waals surface area contributed by atoms with Crippen LogP contribution in [0.4, 0.5) is 0 Å². The molecule has 0 bridgehead atoms. The standard InChI is InChI=1S/C16H24N6O/c1-12(2)8-9-18-16(17)19-10-13-11-22(21-20-13)14-4-6-15(23-3)7-5-14/h4-7,11-12H,8-10H2,1-3H3,(H3,17,18,19). The fourth-order valence-corrected chi connectivity index (χ4v) is 1.94. The number of nitrogens with zero attached hydrogens (tertiary/aromatic N) is 4. The minimum atomic E-state index is 0.399. The lowest BCUT2D eigenvalue weighted by atomic mass is 10.1. The summed E-state index contributed by atoms with van der Waals surface area (Å²) in [5.74, 6) is 1.88. The van der Waals surface area contributed by atoms with Crippen LogP contribution in [0.3, 0.4) is 0 Å². The predicted molar refractivity (Wildman–Crippen MR) is 90.7 cm³/mol.